The fraction of sp³-hybridized carbons (Fsp3) is 0. The van der Waals surface area contributed by atoms with E-state index in [4.69, 9.17) is 13.3 Å². The summed E-state index contributed by atoms with van der Waals surface area (Å²) < 4.78 is 22.8. The fourth-order valence-electron chi connectivity index (χ4n) is 0. The van der Waals surface area contributed by atoms with Gasteiger partial charge < -0.3 is 0 Å². The molecule has 1 radical (unpaired) electrons. The van der Waals surface area contributed by atoms with Crippen molar-refractivity contribution in [1.29, 1.82) is 0 Å². The van der Waals surface area contributed by atoms with Crippen LogP contribution in [0.5, 0.6) is 0 Å². The molecule has 37 valence electrons. The second-order valence-corrected chi connectivity index (χ2v) is 0.692. The Morgan fingerprint density at radius 1 is 1.33 bits per heavy atom. The predicted octanol–water partition coefficient (Wildman–Crippen LogP) is -1.24. The molecule has 0 heterocycles. The van der Waals surface area contributed by atoms with E-state index in [1.807, 2.05) is 0 Å². The van der Waals surface area contributed by atoms with Gasteiger partial charge in [0.25, 0.3) is 11.4 Å². The summed E-state index contributed by atoms with van der Waals surface area (Å²) in [5.74, 6) is 0. The third-order valence-corrected chi connectivity index (χ3v) is 0. The Labute approximate surface area is 116 Å². The molecule has 0 aromatic rings. The van der Waals surface area contributed by atoms with Gasteiger partial charge in [-0.25, -0.2) is 0 Å². The van der Waals surface area contributed by atoms with Gasteiger partial charge in [-0.15, -0.1) is 0 Å². The zero-order valence-electron chi connectivity index (χ0n) is 2.09. The van der Waals surface area contributed by atoms with E-state index in [1.54, 1.807) is 0 Å². The van der Waals surface area contributed by atoms with Crippen molar-refractivity contribution in [3.8, 4) is 0 Å². The predicted molar refractivity (Wildman–Crippen MR) is 21.9 cm³/mol. The van der Waals surface area contributed by atoms with Crippen molar-refractivity contribution in [2.45, 2.75) is 0 Å². The molecule has 0 aliphatic carbocycles. The second kappa shape index (κ2) is 11.0. The molecular formula is H4EuO3SSr. The van der Waals surface area contributed by atoms with Crippen LogP contribution in [-0.2, 0) is 11.4 Å². The Kier molecular flexibility index (Phi) is 29.5. The molecule has 0 aromatic carbocycles. The summed E-state index contributed by atoms with van der Waals surface area (Å²) >= 11 is -2.61. The molecule has 0 unspecified atom stereocenters. The molecule has 6 heteroatoms. The van der Waals surface area contributed by atoms with E-state index in [0.717, 1.165) is 0 Å². The quantitative estimate of drug-likeness (QED) is 0.433. The van der Waals surface area contributed by atoms with Gasteiger partial charge in [0.1, 0.15) is 0 Å². The summed E-state index contributed by atoms with van der Waals surface area (Å²) in [7, 11) is 0. The molecule has 0 aromatic heterocycles. The zero-order chi connectivity index (χ0) is 3.58. The van der Waals surface area contributed by atoms with Gasteiger partial charge in [-0.2, -0.15) is 4.21 Å². The average molecular weight is 324 g/mol. The van der Waals surface area contributed by atoms with Gasteiger partial charge >= 0.3 is 45.5 Å². The Bertz CT molecular complexity index is 33.8. The van der Waals surface area contributed by atoms with Crippen LogP contribution in [0.3, 0.4) is 0 Å². The standard InChI is InChI=1S/Eu.H2O3S.Sr.2H/c;1-4(2)3;;;/h;(H2,1,2,3);;;. The first-order valence-electron chi connectivity index (χ1n) is 0.532. The van der Waals surface area contributed by atoms with E-state index >= 15 is 0 Å². The summed E-state index contributed by atoms with van der Waals surface area (Å²) in [6.07, 6.45) is 0. The number of hydrogen-bond acceptors (Lipinski definition) is 1. The topological polar surface area (TPSA) is 57.5 Å². The van der Waals surface area contributed by atoms with Gasteiger partial charge in [0.15, 0.2) is 0 Å². The Morgan fingerprint density at radius 3 is 1.33 bits per heavy atom. The van der Waals surface area contributed by atoms with E-state index < -0.39 is 11.4 Å². The molecule has 0 aliphatic rings. The van der Waals surface area contributed by atoms with E-state index in [0.29, 0.717) is 0 Å². The molecule has 3 nitrogen and oxygen atoms in total. The van der Waals surface area contributed by atoms with Crippen LogP contribution in [0, 0.1) is 49.4 Å². The average Bonchev–Trinajstić information content (AvgIpc) is 0.811. The minimum atomic E-state index is -2.61. The van der Waals surface area contributed by atoms with Crippen LogP contribution in [-0.4, -0.2) is 58.8 Å². The van der Waals surface area contributed by atoms with Crippen molar-refractivity contribution in [3.05, 3.63) is 0 Å². The Hall–Kier alpha value is 3.13. The first-order valence-corrected chi connectivity index (χ1v) is 1.60. The monoisotopic (exact) mass is 325 g/mol. The maximum absolute atomic E-state index is 8.67. The molecule has 0 saturated carbocycles. The SMILES string of the molecule is O=S(O)O.[Eu].[SrH2]. The van der Waals surface area contributed by atoms with Gasteiger partial charge in [0, 0.05) is 49.4 Å². The fourth-order valence-corrected chi connectivity index (χ4v) is 0. The molecule has 0 saturated heterocycles. The molecule has 0 amide bonds. The van der Waals surface area contributed by atoms with Crippen molar-refractivity contribution >= 4 is 56.8 Å². The molecule has 2 N–H and O–H groups in total. The molecule has 0 spiro atoms. The maximum atomic E-state index is 8.67. The van der Waals surface area contributed by atoms with Crippen molar-refractivity contribution in [3.63, 3.8) is 0 Å². The van der Waals surface area contributed by atoms with E-state index in [-0.39, 0.29) is 94.9 Å². The minimum absolute atomic E-state index is 0. The van der Waals surface area contributed by atoms with Crippen LogP contribution >= 0.6 is 0 Å². The molecule has 0 atom stereocenters. The van der Waals surface area contributed by atoms with Crippen molar-refractivity contribution < 1.29 is 62.7 Å². The van der Waals surface area contributed by atoms with Crippen LogP contribution in [0.25, 0.3) is 0 Å². The summed E-state index contributed by atoms with van der Waals surface area (Å²) in [5, 5.41) is 0. The van der Waals surface area contributed by atoms with Crippen LogP contribution < -0.4 is 0 Å². The molecule has 6 heavy (non-hydrogen) atoms. The van der Waals surface area contributed by atoms with Gasteiger partial charge in [0.2, 0.25) is 0 Å². The van der Waals surface area contributed by atoms with Gasteiger partial charge in [-0.05, 0) is 0 Å². The second-order valence-electron chi connectivity index (χ2n) is 0.231. The Morgan fingerprint density at radius 2 is 1.33 bits per heavy atom. The molecule has 0 aliphatic heterocycles. The zero-order valence-corrected chi connectivity index (χ0v) is 5.33. The summed E-state index contributed by atoms with van der Waals surface area (Å²) in [6.45, 7) is 0. The van der Waals surface area contributed by atoms with Crippen molar-refractivity contribution in [2.24, 2.45) is 0 Å². The van der Waals surface area contributed by atoms with Crippen molar-refractivity contribution in [1.82, 2.24) is 0 Å². The molecule has 0 fully saturated rings. The van der Waals surface area contributed by atoms with Crippen LogP contribution in [0.15, 0.2) is 0 Å². The van der Waals surface area contributed by atoms with Gasteiger partial charge in [-0.1, -0.05) is 0 Å². The molecule has 0 bridgehead atoms. The summed E-state index contributed by atoms with van der Waals surface area (Å²) in [6, 6.07) is 0. The summed E-state index contributed by atoms with van der Waals surface area (Å²) in [4.78, 5) is 0. The van der Waals surface area contributed by atoms with E-state index in [2.05, 4.69) is 0 Å². The van der Waals surface area contributed by atoms with Crippen LogP contribution in [0.4, 0.5) is 0 Å². The first-order chi connectivity index (χ1) is 1.73. The van der Waals surface area contributed by atoms with Crippen molar-refractivity contribution in [2.75, 3.05) is 0 Å². The number of hydrogen-bond donors (Lipinski definition) is 2. The Balaban J connectivity index is -0.0000000450. The normalized spacial score (nSPS) is 5.83. The van der Waals surface area contributed by atoms with Gasteiger partial charge in [-0.3, -0.25) is 9.11 Å². The molecular weight excluding hydrogens is 320 g/mol. The van der Waals surface area contributed by atoms with E-state index in [1.165, 1.54) is 0 Å². The summed E-state index contributed by atoms with van der Waals surface area (Å²) in [5.41, 5.74) is 0. The number of rotatable bonds is 0. The first kappa shape index (κ1) is 16.1. The van der Waals surface area contributed by atoms with E-state index in [9.17, 15) is 0 Å². The van der Waals surface area contributed by atoms with Gasteiger partial charge in [0.05, 0.1) is 0 Å². The van der Waals surface area contributed by atoms with Crippen LogP contribution in [0.2, 0.25) is 0 Å². The molecule has 0 rings (SSSR count). The van der Waals surface area contributed by atoms with Crippen LogP contribution in [0.1, 0.15) is 0 Å². The third-order valence-electron chi connectivity index (χ3n) is 0. The third kappa shape index (κ3) is 27.3.